The number of halogens is 1. The van der Waals surface area contributed by atoms with Gasteiger partial charge in [0.05, 0.1) is 23.6 Å². The van der Waals surface area contributed by atoms with Crippen molar-refractivity contribution in [3.63, 3.8) is 0 Å². The third-order valence-corrected chi connectivity index (χ3v) is 4.20. The van der Waals surface area contributed by atoms with Crippen LogP contribution >= 0.6 is 0 Å². The molecule has 0 unspecified atom stereocenters. The molecule has 0 amide bonds. The molecular formula is C16H16FNO4S. The first kappa shape index (κ1) is 17.0. The van der Waals surface area contributed by atoms with Crippen LogP contribution in [0.5, 0.6) is 0 Å². The van der Waals surface area contributed by atoms with Crippen LogP contribution in [0.25, 0.3) is 0 Å². The molecule has 0 heterocycles. The Morgan fingerprint density at radius 3 is 2.43 bits per heavy atom. The van der Waals surface area contributed by atoms with Gasteiger partial charge in [-0.3, -0.25) is 4.72 Å². The second kappa shape index (κ2) is 7.23. The van der Waals surface area contributed by atoms with E-state index in [1.54, 1.807) is 19.1 Å². The van der Waals surface area contributed by atoms with Gasteiger partial charge >= 0.3 is 5.97 Å². The molecule has 0 bridgehead atoms. The lowest BCUT2D eigenvalue weighted by Crippen LogP contribution is -2.18. The number of benzene rings is 2. The maximum atomic E-state index is 12.9. The molecular weight excluding hydrogens is 321 g/mol. The van der Waals surface area contributed by atoms with E-state index in [0.29, 0.717) is 5.56 Å². The number of carbonyl (C=O) groups is 1. The van der Waals surface area contributed by atoms with Gasteiger partial charge in [0.25, 0.3) is 0 Å². The van der Waals surface area contributed by atoms with Gasteiger partial charge in [-0.25, -0.2) is 17.6 Å². The highest BCUT2D eigenvalue weighted by Crippen LogP contribution is 2.19. The van der Waals surface area contributed by atoms with Crippen molar-refractivity contribution in [1.82, 2.24) is 0 Å². The minimum atomic E-state index is -3.75. The Labute approximate surface area is 134 Å². The Kier molecular flexibility index (Phi) is 5.33. The summed E-state index contributed by atoms with van der Waals surface area (Å²) in [7, 11) is -3.75. The summed E-state index contributed by atoms with van der Waals surface area (Å²) in [5.74, 6) is -1.37. The molecule has 0 aliphatic heterocycles. The Bertz CT molecular complexity index is 788. The molecule has 7 heteroatoms. The number of anilines is 1. The van der Waals surface area contributed by atoms with E-state index < -0.39 is 21.8 Å². The van der Waals surface area contributed by atoms with E-state index in [1.807, 2.05) is 0 Å². The lowest BCUT2D eigenvalue weighted by Gasteiger charge is -2.12. The quantitative estimate of drug-likeness (QED) is 0.823. The largest absolute Gasteiger partial charge is 0.462 e. The molecule has 2 rings (SSSR count). The van der Waals surface area contributed by atoms with Crippen molar-refractivity contribution in [1.29, 1.82) is 0 Å². The van der Waals surface area contributed by atoms with Gasteiger partial charge in [-0.15, -0.1) is 0 Å². The molecule has 0 aromatic heterocycles. The van der Waals surface area contributed by atoms with Crippen LogP contribution in [0.1, 0.15) is 22.8 Å². The molecule has 0 aliphatic rings. The van der Waals surface area contributed by atoms with Crippen LogP contribution in [-0.4, -0.2) is 21.0 Å². The van der Waals surface area contributed by atoms with Crippen LogP contribution in [0.15, 0.2) is 48.5 Å². The van der Waals surface area contributed by atoms with Crippen molar-refractivity contribution in [2.24, 2.45) is 0 Å². The van der Waals surface area contributed by atoms with Gasteiger partial charge in [0.15, 0.2) is 0 Å². The Morgan fingerprint density at radius 1 is 1.13 bits per heavy atom. The monoisotopic (exact) mass is 337 g/mol. The van der Waals surface area contributed by atoms with Crippen LogP contribution in [0.2, 0.25) is 0 Å². The molecule has 0 radical (unpaired) electrons. The average Bonchev–Trinajstić information content (AvgIpc) is 2.50. The highest BCUT2D eigenvalue weighted by atomic mass is 32.2. The fourth-order valence-electron chi connectivity index (χ4n) is 1.96. The van der Waals surface area contributed by atoms with Crippen molar-refractivity contribution < 1.29 is 22.3 Å². The van der Waals surface area contributed by atoms with E-state index in [2.05, 4.69) is 4.72 Å². The molecule has 0 atom stereocenters. The fraction of sp³-hybridized carbons (Fsp3) is 0.188. The number of para-hydroxylation sites is 1. The molecule has 122 valence electrons. The smallest absolute Gasteiger partial charge is 0.340 e. The molecule has 0 aliphatic carbocycles. The first-order valence-electron chi connectivity index (χ1n) is 6.92. The SMILES string of the molecule is CCOC(=O)c1ccccc1NS(=O)(=O)Cc1ccc(F)cc1. The summed E-state index contributed by atoms with van der Waals surface area (Å²) >= 11 is 0. The van der Waals surface area contributed by atoms with Crippen LogP contribution in [-0.2, 0) is 20.5 Å². The summed E-state index contributed by atoms with van der Waals surface area (Å²) < 4.78 is 44.6. The molecule has 2 aromatic rings. The molecule has 23 heavy (non-hydrogen) atoms. The standard InChI is InChI=1S/C16H16FNO4S/c1-2-22-16(19)14-5-3-4-6-15(14)18-23(20,21)11-12-7-9-13(17)10-8-12/h3-10,18H,2,11H2,1H3. The Balaban J connectivity index is 2.20. The minimum Gasteiger partial charge on any atom is -0.462 e. The third-order valence-electron chi connectivity index (χ3n) is 2.96. The van der Waals surface area contributed by atoms with Gasteiger partial charge < -0.3 is 4.74 Å². The number of hydrogen-bond donors (Lipinski definition) is 1. The fourth-order valence-corrected chi connectivity index (χ4v) is 3.18. The van der Waals surface area contributed by atoms with Crippen molar-refractivity contribution in [2.75, 3.05) is 11.3 Å². The zero-order chi connectivity index (χ0) is 16.9. The van der Waals surface area contributed by atoms with Crippen LogP contribution in [0.4, 0.5) is 10.1 Å². The molecule has 1 N–H and O–H groups in total. The van der Waals surface area contributed by atoms with Gasteiger partial charge in [0.2, 0.25) is 10.0 Å². The number of hydrogen-bond acceptors (Lipinski definition) is 4. The predicted molar refractivity (Wildman–Crippen MR) is 85.0 cm³/mol. The van der Waals surface area contributed by atoms with E-state index in [-0.39, 0.29) is 23.6 Å². The summed E-state index contributed by atoms with van der Waals surface area (Å²) in [5, 5.41) is 0. The van der Waals surface area contributed by atoms with Gasteiger partial charge in [-0.05, 0) is 36.8 Å². The second-order valence-electron chi connectivity index (χ2n) is 4.75. The predicted octanol–water partition coefficient (Wildman–Crippen LogP) is 2.94. The van der Waals surface area contributed by atoms with Gasteiger partial charge in [0.1, 0.15) is 5.82 Å². The number of carbonyl (C=O) groups excluding carboxylic acids is 1. The van der Waals surface area contributed by atoms with Crippen LogP contribution in [0.3, 0.4) is 0 Å². The highest BCUT2D eigenvalue weighted by molar-refractivity contribution is 7.91. The van der Waals surface area contributed by atoms with E-state index in [4.69, 9.17) is 4.74 Å². The number of rotatable bonds is 6. The summed E-state index contributed by atoms with van der Waals surface area (Å²) in [6.45, 7) is 1.86. The molecule has 2 aromatic carbocycles. The van der Waals surface area contributed by atoms with Crippen LogP contribution < -0.4 is 4.72 Å². The van der Waals surface area contributed by atoms with Gasteiger partial charge in [-0.1, -0.05) is 24.3 Å². The maximum absolute atomic E-state index is 12.9. The average molecular weight is 337 g/mol. The Hall–Kier alpha value is -2.41. The van der Waals surface area contributed by atoms with E-state index >= 15 is 0 Å². The Morgan fingerprint density at radius 2 is 1.78 bits per heavy atom. The van der Waals surface area contributed by atoms with E-state index in [0.717, 1.165) is 0 Å². The number of nitrogens with one attached hydrogen (secondary N) is 1. The molecule has 0 fully saturated rings. The second-order valence-corrected chi connectivity index (χ2v) is 6.48. The summed E-state index contributed by atoms with van der Waals surface area (Å²) in [6, 6.07) is 11.4. The lowest BCUT2D eigenvalue weighted by molar-refractivity contribution is 0.0527. The van der Waals surface area contributed by atoms with E-state index in [1.165, 1.54) is 36.4 Å². The topological polar surface area (TPSA) is 72.5 Å². The first-order chi connectivity index (χ1) is 10.9. The lowest BCUT2D eigenvalue weighted by atomic mass is 10.2. The zero-order valence-corrected chi connectivity index (χ0v) is 13.3. The molecule has 5 nitrogen and oxygen atoms in total. The maximum Gasteiger partial charge on any atom is 0.340 e. The van der Waals surface area contributed by atoms with E-state index in [9.17, 15) is 17.6 Å². The number of sulfonamides is 1. The van der Waals surface area contributed by atoms with Crippen molar-refractivity contribution in [3.05, 3.63) is 65.5 Å². The third kappa shape index (κ3) is 4.79. The number of esters is 1. The first-order valence-corrected chi connectivity index (χ1v) is 8.57. The summed E-state index contributed by atoms with van der Waals surface area (Å²) in [4.78, 5) is 11.8. The van der Waals surface area contributed by atoms with Crippen molar-refractivity contribution >= 4 is 21.7 Å². The zero-order valence-electron chi connectivity index (χ0n) is 12.5. The van der Waals surface area contributed by atoms with Gasteiger partial charge in [0, 0.05) is 0 Å². The van der Waals surface area contributed by atoms with Gasteiger partial charge in [-0.2, -0.15) is 0 Å². The normalized spacial score (nSPS) is 11.0. The van der Waals surface area contributed by atoms with Crippen molar-refractivity contribution in [2.45, 2.75) is 12.7 Å². The minimum absolute atomic E-state index is 0.136. The number of ether oxygens (including phenoxy) is 1. The molecule has 0 saturated heterocycles. The van der Waals surface area contributed by atoms with Crippen LogP contribution in [0, 0.1) is 5.82 Å². The summed E-state index contributed by atoms with van der Waals surface area (Å²) in [5.41, 5.74) is 0.720. The summed E-state index contributed by atoms with van der Waals surface area (Å²) in [6.07, 6.45) is 0. The molecule has 0 spiro atoms. The highest BCUT2D eigenvalue weighted by Gasteiger charge is 2.17. The molecule has 0 saturated carbocycles. The van der Waals surface area contributed by atoms with Crippen molar-refractivity contribution in [3.8, 4) is 0 Å².